The van der Waals surface area contributed by atoms with E-state index in [9.17, 15) is 9.18 Å². The number of para-hydroxylation sites is 1. The van der Waals surface area contributed by atoms with Crippen molar-refractivity contribution in [2.75, 3.05) is 6.61 Å². The second-order valence-corrected chi connectivity index (χ2v) is 7.12. The summed E-state index contributed by atoms with van der Waals surface area (Å²) in [5.41, 5.74) is 1.56. The Kier molecular flexibility index (Phi) is 4.54. The molecule has 4 rings (SSSR count). The summed E-state index contributed by atoms with van der Waals surface area (Å²) in [5, 5.41) is 3.75. The summed E-state index contributed by atoms with van der Waals surface area (Å²) in [6.45, 7) is 0.526. The summed E-state index contributed by atoms with van der Waals surface area (Å²) in [7, 11) is 0. The average molecular weight is 436 g/mol. The summed E-state index contributed by atoms with van der Waals surface area (Å²) in [6.07, 6.45) is 2.04. The van der Waals surface area contributed by atoms with Crippen molar-refractivity contribution >= 4 is 44.3 Å². The number of carbonyl (C=O) groups excluding carboxylic acids is 1. The number of carbonyl (C=O) groups is 1. The zero-order chi connectivity index (χ0) is 18.3. The van der Waals surface area contributed by atoms with Crippen LogP contribution in [0.25, 0.3) is 10.9 Å². The number of hydrogen-bond acceptors (Lipinski definition) is 3. The lowest BCUT2D eigenvalue weighted by molar-refractivity contribution is 0.0925. The van der Waals surface area contributed by atoms with Gasteiger partial charge in [0.1, 0.15) is 11.6 Å². The van der Waals surface area contributed by atoms with Crippen LogP contribution in [0.2, 0.25) is 5.02 Å². The topological polar surface area (TPSA) is 51.2 Å². The number of hydrogen-bond donors (Lipinski definition) is 1. The van der Waals surface area contributed by atoms with Crippen LogP contribution in [0.4, 0.5) is 4.39 Å². The maximum atomic E-state index is 13.7. The molecule has 1 aliphatic rings. The molecule has 0 aliphatic carbocycles. The quantitative estimate of drug-likeness (QED) is 0.613. The molecule has 0 radical (unpaired) electrons. The molecule has 2 heterocycles. The van der Waals surface area contributed by atoms with Crippen molar-refractivity contribution in [3.8, 4) is 5.75 Å². The van der Waals surface area contributed by atoms with Crippen molar-refractivity contribution in [2.45, 2.75) is 12.5 Å². The first-order valence-electron chi connectivity index (χ1n) is 8.01. The third kappa shape index (κ3) is 2.93. The highest BCUT2D eigenvalue weighted by Crippen LogP contribution is 2.34. The Balaban J connectivity index is 1.68. The molecule has 0 spiro atoms. The van der Waals surface area contributed by atoms with Gasteiger partial charge in [-0.05, 0) is 34.1 Å². The van der Waals surface area contributed by atoms with E-state index in [0.717, 1.165) is 11.3 Å². The predicted octanol–water partition coefficient (Wildman–Crippen LogP) is 5.04. The predicted molar refractivity (Wildman–Crippen MR) is 101 cm³/mol. The van der Waals surface area contributed by atoms with Crippen LogP contribution in [0.3, 0.4) is 0 Å². The van der Waals surface area contributed by atoms with Crippen LogP contribution in [-0.2, 0) is 0 Å². The minimum absolute atomic E-state index is 0.167. The van der Waals surface area contributed by atoms with Gasteiger partial charge >= 0.3 is 0 Å². The third-order valence-corrected chi connectivity index (χ3v) is 5.53. The van der Waals surface area contributed by atoms with Crippen LogP contribution in [0.15, 0.2) is 47.1 Å². The molecule has 26 heavy (non-hydrogen) atoms. The third-order valence-electron chi connectivity index (χ3n) is 4.37. The van der Waals surface area contributed by atoms with Crippen LogP contribution in [0.1, 0.15) is 28.4 Å². The van der Waals surface area contributed by atoms with Gasteiger partial charge < -0.3 is 10.1 Å². The fraction of sp³-hybridized carbons (Fsp3) is 0.158. The largest absolute Gasteiger partial charge is 0.493 e. The second kappa shape index (κ2) is 6.85. The number of nitrogens with one attached hydrogen (secondary N) is 1. The van der Waals surface area contributed by atoms with E-state index >= 15 is 0 Å². The van der Waals surface area contributed by atoms with Crippen molar-refractivity contribution in [3.05, 3.63) is 69.0 Å². The molecule has 2 aromatic carbocycles. The van der Waals surface area contributed by atoms with E-state index in [2.05, 4.69) is 26.2 Å². The fourth-order valence-corrected chi connectivity index (χ4v) is 3.80. The van der Waals surface area contributed by atoms with Crippen molar-refractivity contribution in [1.29, 1.82) is 0 Å². The Morgan fingerprint density at radius 1 is 1.31 bits per heavy atom. The Morgan fingerprint density at radius 3 is 2.96 bits per heavy atom. The molecule has 3 aromatic rings. The number of ether oxygens (including phenoxy) is 1. The highest BCUT2D eigenvalue weighted by molar-refractivity contribution is 9.10. The fourth-order valence-electron chi connectivity index (χ4n) is 3.06. The molecule has 1 amide bonds. The van der Waals surface area contributed by atoms with Crippen molar-refractivity contribution in [2.24, 2.45) is 0 Å². The minimum Gasteiger partial charge on any atom is -0.493 e. The highest BCUT2D eigenvalue weighted by Gasteiger charge is 2.25. The summed E-state index contributed by atoms with van der Waals surface area (Å²) < 4.78 is 19.5. The summed E-state index contributed by atoms with van der Waals surface area (Å²) in [6, 6.07) is 10.2. The molecule has 1 atom stereocenters. The van der Waals surface area contributed by atoms with Crippen LogP contribution in [0.5, 0.6) is 5.75 Å². The lowest BCUT2D eigenvalue weighted by atomic mass is 10.00. The Bertz CT molecular complexity index is 1030. The van der Waals surface area contributed by atoms with Gasteiger partial charge in [0.05, 0.1) is 33.2 Å². The van der Waals surface area contributed by atoms with E-state index in [4.69, 9.17) is 16.3 Å². The summed E-state index contributed by atoms with van der Waals surface area (Å²) >= 11 is 9.57. The molecule has 0 saturated carbocycles. The molecule has 0 saturated heterocycles. The van der Waals surface area contributed by atoms with Gasteiger partial charge in [0, 0.05) is 23.6 Å². The molecule has 1 N–H and O–H groups in total. The number of rotatable bonds is 2. The lowest BCUT2D eigenvalue weighted by Gasteiger charge is -2.26. The van der Waals surface area contributed by atoms with Gasteiger partial charge in [0.15, 0.2) is 0 Å². The monoisotopic (exact) mass is 434 g/mol. The van der Waals surface area contributed by atoms with Gasteiger partial charge in [-0.25, -0.2) is 4.39 Å². The van der Waals surface area contributed by atoms with Crippen molar-refractivity contribution in [3.63, 3.8) is 0 Å². The highest BCUT2D eigenvalue weighted by atomic mass is 79.9. The molecule has 132 valence electrons. The van der Waals surface area contributed by atoms with E-state index in [1.165, 1.54) is 18.3 Å². The number of halogens is 3. The Labute approximate surface area is 162 Å². The summed E-state index contributed by atoms with van der Waals surface area (Å²) in [4.78, 5) is 17.0. The lowest BCUT2D eigenvalue weighted by Crippen LogP contribution is -2.32. The van der Waals surface area contributed by atoms with E-state index in [-0.39, 0.29) is 27.0 Å². The minimum atomic E-state index is -0.433. The first-order chi connectivity index (χ1) is 12.6. The SMILES string of the molecule is O=C(N[C@H]1CCOc2ccccc21)c1cnc2c(Br)c(F)ccc2c1Cl. The normalized spacial score (nSPS) is 16.0. The number of amides is 1. The number of fused-ring (bicyclic) bond motifs is 2. The van der Waals surface area contributed by atoms with Gasteiger partial charge in [0.25, 0.3) is 5.91 Å². The van der Waals surface area contributed by atoms with E-state index in [1.54, 1.807) is 0 Å². The van der Waals surface area contributed by atoms with E-state index in [1.807, 2.05) is 24.3 Å². The zero-order valence-electron chi connectivity index (χ0n) is 13.4. The number of nitrogens with zero attached hydrogens (tertiary/aromatic N) is 1. The maximum Gasteiger partial charge on any atom is 0.254 e. The van der Waals surface area contributed by atoms with E-state index < -0.39 is 5.82 Å². The van der Waals surface area contributed by atoms with E-state index in [0.29, 0.717) is 23.9 Å². The summed E-state index contributed by atoms with van der Waals surface area (Å²) in [5.74, 6) is 0.00909. The van der Waals surface area contributed by atoms with Crippen molar-refractivity contribution < 1.29 is 13.9 Å². The zero-order valence-corrected chi connectivity index (χ0v) is 15.8. The molecule has 1 aromatic heterocycles. The van der Waals surface area contributed by atoms with Gasteiger partial charge in [-0.1, -0.05) is 29.8 Å². The maximum absolute atomic E-state index is 13.7. The average Bonchev–Trinajstić information content (AvgIpc) is 2.65. The molecule has 0 unspecified atom stereocenters. The van der Waals surface area contributed by atoms with Crippen LogP contribution < -0.4 is 10.1 Å². The standard InChI is InChI=1S/C19H13BrClFN2O2/c20-16-13(22)6-5-11-17(21)12(9-23-18(11)16)19(25)24-14-7-8-26-15-4-2-1-3-10(14)15/h1-6,9,14H,7-8H2,(H,24,25)/t14-/m0/s1. The number of aromatic nitrogens is 1. The smallest absolute Gasteiger partial charge is 0.254 e. The molecule has 1 aliphatic heterocycles. The Hall–Kier alpha value is -2.18. The number of pyridine rings is 1. The first-order valence-corrected chi connectivity index (χ1v) is 9.18. The van der Waals surface area contributed by atoms with Gasteiger partial charge in [0.2, 0.25) is 0 Å². The van der Waals surface area contributed by atoms with Gasteiger partial charge in [-0.3, -0.25) is 9.78 Å². The van der Waals surface area contributed by atoms with Gasteiger partial charge in [-0.2, -0.15) is 0 Å². The Morgan fingerprint density at radius 2 is 2.12 bits per heavy atom. The molecule has 0 fully saturated rings. The molecular formula is C19H13BrClFN2O2. The second-order valence-electron chi connectivity index (χ2n) is 5.94. The molecular weight excluding hydrogens is 423 g/mol. The van der Waals surface area contributed by atoms with Crippen LogP contribution >= 0.6 is 27.5 Å². The molecule has 4 nitrogen and oxygen atoms in total. The van der Waals surface area contributed by atoms with Crippen LogP contribution in [0, 0.1) is 5.82 Å². The number of benzene rings is 2. The van der Waals surface area contributed by atoms with Gasteiger partial charge in [-0.15, -0.1) is 0 Å². The molecule has 7 heteroatoms. The van der Waals surface area contributed by atoms with Crippen molar-refractivity contribution in [1.82, 2.24) is 10.3 Å². The van der Waals surface area contributed by atoms with Crippen LogP contribution in [-0.4, -0.2) is 17.5 Å². The molecule has 0 bridgehead atoms. The first kappa shape index (κ1) is 17.2.